The minimum absolute atomic E-state index is 0.0298. The maximum Gasteiger partial charge on any atom is 0.303 e. The molecule has 106 valence electrons. The molecule has 7 heteroatoms. The number of hydrogen-bond donors (Lipinski definition) is 1. The molecule has 0 bridgehead atoms. The molecule has 2 aromatic rings. The summed E-state index contributed by atoms with van der Waals surface area (Å²) in [6.07, 6.45) is 1.80. The summed E-state index contributed by atoms with van der Waals surface area (Å²) in [7, 11) is 0. The van der Waals surface area contributed by atoms with Crippen LogP contribution >= 0.6 is 11.6 Å². The minimum atomic E-state index is -0.826. The number of benzene rings is 1. The molecule has 20 heavy (non-hydrogen) atoms. The number of hydrogen-bond acceptors (Lipinski definition) is 4. The molecule has 0 saturated heterocycles. The smallest absolute Gasteiger partial charge is 0.303 e. The van der Waals surface area contributed by atoms with Crippen LogP contribution in [0, 0.1) is 5.82 Å². The van der Waals surface area contributed by atoms with E-state index in [0.29, 0.717) is 30.7 Å². The number of unbranched alkanes of at least 4 members (excludes halogenated alkanes) is 1. The van der Waals surface area contributed by atoms with Crippen LogP contribution in [-0.2, 0) is 11.2 Å². The third-order valence-electron chi connectivity index (χ3n) is 2.66. The van der Waals surface area contributed by atoms with E-state index in [4.69, 9.17) is 21.1 Å². The number of aryl methyl sites for hydroxylation is 1. The molecule has 0 aliphatic heterocycles. The van der Waals surface area contributed by atoms with Crippen LogP contribution in [0.15, 0.2) is 22.6 Å². The number of aliphatic carboxylic acids is 1. The largest absolute Gasteiger partial charge is 0.481 e. The summed E-state index contributed by atoms with van der Waals surface area (Å²) in [5, 5.41) is 16.2. The Morgan fingerprint density at radius 1 is 1.35 bits per heavy atom. The summed E-state index contributed by atoms with van der Waals surface area (Å²) in [5.74, 6) is -0.757. The number of halogens is 2. The Kier molecular flexibility index (Phi) is 4.68. The highest BCUT2D eigenvalue weighted by molar-refractivity contribution is 6.30. The molecular formula is C13H12ClFN2O3. The third-order valence-corrected chi connectivity index (χ3v) is 2.97. The van der Waals surface area contributed by atoms with E-state index in [2.05, 4.69) is 10.2 Å². The van der Waals surface area contributed by atoms with Crippen molar-refractivity contribution in [3.05, 3.63) is 34.9 Å². The third kappa shape index (κ3) is 3.77. The van der Waals surface area contributed by atoms with Crippen molar-refractivity contribution in [2.24, 2.45) is 0 Å². The molecule has 0 amide bonds. The van der Waals surface area contributed by atoms with E-state index >= 15 is 0 Å². The molecule has 1 aromatic carbocycles. The molecule has 0 atom stereocenters. The van der Waals surface area contributed by atoms with Crippen molar-refractivity contribution >= 4 is 17.6 Å². The van der Waals surface area contributed by atoms with Crippen molar-refractivity contribution in [1.82, 2.24) is 10.2 Å². The molecule has 1 aromatic heterocycles. The van der Waals surface area contributed by atoms with E-state index in [1.807, 2.05) is 0 Å². The number of carbonyl (C=O) groups is 1. The molecule has 5 nitrogen and oxygen atoms in total. The zero-order valence-electron chi connectivity index (χ0n) is 10.5. The van der Waals surface area contributed by atoms with Gasteiger partial charge in [0.15, 0.2) is 0 Å². The minimum Gasteiger partial charge on any atom is -0.481 e. The first kappa shape index (κ1) is 14.5. The van der Waals surface area contributed by atoms with Crippen LogP contribution in [0.5, 0.6) is 0 Å². The zero-order chi connectivity index (χ0) is 14.5. The van der Waals surface area contributed by atoms with Crippen molar-refractivity contribution < 1.29 is 18.7 Å². The van der Waals surface area contributed by atoms with Gasteiger partial charge in [0.05, 0.1) is 5.02 Å². The second-order valence-electron chi connectivity index (χ2n) is 4.23. The Morgan fingerprint density at radius 3 is 2.85 bits per heavy atom. The van der Waals surface area contributed by atoms with Crippen molar-refractivity contribution in [1.29, 1.82) is 0 Å². The average Bonchev–Trinajstić information content (AvgIpc) is 2.86. The monoisotopic (exact) mass is 298 g/mol. The van der Waals surface area contributed by atoms with Gasteiger partial charge < -0.3 is 9.52 Å². The molecule has 0 fully saturated rings. The molecule has 0 aliphatic carbocycles. The topological polar surface area (TPSA) is 76.2 Å². The fraction of sp³-hybridized carbons (Fsp3) is 0.308. The van der Waals surface area contributed by atoms with Crippen LogP contribution in [0.3, 0.4) is 0 Å². The average molecular weight is 299 g/mol. The fourth-order valence-electron chi connectivity index (χ4n) is 1.65. The van der Waals surface area contributed by atoms with E-state index in [0.717, 1.165) is 0 Å². The van der Waals surface area contributed by atoms with Gasteiger partial charge in [-0.3, -0.25) is 4.79 Å². The van der Waals surface area contributed by atoms with Crippen LogP contribution in [0.2, 0.25) is 5.02 Å². The Labute approximate surface area is 119 Å². The molecule has 0 aliphatic rings. The molecular weight excluding hydrogens is 287 g/mol. The number of aromatic nitrogens is 2. The maximum absolute atomic E-state index is 13.3. The van der Waals surface area contributed by atoms with Gasteiger partial charge in [0.1, 0.15) is 5.82 Å². The van der Waals surface area contributed by atoms with Gasteiger partial charge in [0.25, 0.3) is 0 Å². The lowest BCUT2D eigenvalue weighted by Crippen LogP contribution is -1.95. The quantitative estimate of drug-likeness (QED) is 0.828. The van der Waals surface area contributed by atoms with E-state index in [9.17, 15) is 9.18 Å². The lowest BCUT2D eigenvalue weighted by molar-refractivity contribution is -0.137. The molecule has 1 N–H and O–H groups in total. The molecule has 2 rings (SSSR count). The van der Waals surface area contributed by atoms with Crippen molar-refractivity contribution in [2.75, 3.05) is 0 Å². The lowest BCUT2D eigenvalue weighted by Gasteiger charge is -1.97. The second-order valence-corrected chi connectivity index (χ2v) is 4.64. The number of rotatable bonds is 6. The van der Waals surface area contributed by atoms with Crippen LogP contribution in [-0.4, -0.2) is 21.3 Å². The summed E-state index contributed by atoms with van der Waals surface area (Å²) in [4.78, 5) is 10.4. The van der Waals surface area contributed by atoms with Crippen molar-refractivity contribution in [3.8, 4) is 11.5 Å². The highest BCUT2D eigenvalue weighted by Crippen LogP contribution is 2.23. The molecule has 1 heterocycles. The van der Waals surface area contributed by atoms with E-state index in [1.165, 1.54) is 12.1 Å². The lowest BCUT2D eigenvalue weighted by atomic mass is 10.2. The van der Waals surface area contributed by atoms with Gasteiger partial charge in [-0.15, -0.1) is 10.2 Å². The SMILES string of the molecule is O=C(O)CCCCc1nnc(-c2ccc(Cl)c(F)c2)o1. The van der Waals surface area contributed by atoms with E-state index < -0.39 is 11.8 Å². The second kappa shape index (κ2) is 6.47. The highest BCUT2D eigenvalue weighted by atomic mass is 35.5. The Balaban J connectivity index is 1.97. The molecule has 0 radical (unpaired) electrons. The van der Waals surface area contributed by atoms with Gasteiger partial charge in [-0.25, -0.2) is 4.39 Å². The molecule has 0 unspecified atom stereocenters. The van der Waals surface area contributed by atoms with Gasteiger partial charge in [-0.2, -0.15) is 0 Å². The first-order chi connectivity index (χ1) is 9.56. The standard InChI is InChI=1S/C13H12ClFN2O3/c14-9-6-5-8(7-10(9)15)13-17-16-11(20-13)3-1-2-4-12(18)19/h5-7H,1-4H2,(H,18,19). The van der Waals surface area contributed by atoms with Crippen LogP contribution < -0.4 is 0 Å². The van der Waals surface area contributed by atoms with Crippen molar-refractivity contribution in [2.45, 2.75) is 25.7 Å². The van der Waals surface area contributed by atoms with Gasteiger partial charge in [-0.05, 0) is 31.0 Å². The summed E-state index contributed by atoms with van der Waals surface area (Å²) in [5.41, 5.74) is 0.455. The highest BCUT2D eigenvalue weighted by Gasteiger charge is 2.10. The Bertz CT molecular complexity index is 615. The normalized spacial score (nSPS) is 10.7. The number of carboxylic acid groups (broad SMARTS) is 1. The first-order valence-corrected chi connectivity index (χ1v) is 6.43. The van der Waals surface area contributed by atoms with E-state index in [-0.39, 0.29) is 17.3 Å². The van der Waals surface area contributed by atoms with Crippen LogP contribution in [0.1, 0.15) is 25.2 Å². The fourth-order valence-corrected chi connectivity index (χ4v) is 1.77. The Morgan fingerprint density at radius 2 is 2.15 bits per heavy atom. The van der Waals surface area contributed by atoms with Crippen molar-refractivity contribution in [3.63, 3.8) is 0 Å². The molecule has 0 saturated carbocycles. The van der Waals surface area contributed by atoms with Crippen LogP contribution in [0.25, 0.3) is 11.5 Å². The van der Waals surface area contributed by atoms with E-state index in [1.54, 1.807) is 6.07 Å². The summed E-state index contributed by atoms with van der Waals surface area (Å²) in [6, 6.07) is 4.24. The van der Waals surface area contributed by atoms with Gasteiger partial charge in [0.2, 0.25) is 11.8 Å². The van der Waals surface area contributed by atoms with Crippen LogP contribution in [0.4, 0.5) is 4.39 Å². The first-order valence-electron chi connectivity index (χ1n) is 6.06. The predicted octanol–water partition coefficient (Wildman–Crippen LogP) is 3.33. The summed E-state index contributed by atoms with van der Waals surface area (Å²) in [6.45, 7) is 0. The van der Waals surface area contributed by atoms with Gasteiger partial charge in [-0.1, -0.05) is 11.6 Å². The van der Waals surface area contributed by atoms with Gasteiger partial charge in [0, 0.05) is 18.4 Å². The van der Waals surface area contributed by atoms with Gasteiger partial charge >= 0.3 is 5.97 Å². The Hall–Kier alpha value is -1.95. The summed E-state index contributed by atoms with van der Waals surface area (Å²) < 4.78 is 18.7. The predicted molar refractivity (Wildman–Crippen MR) is 69.9 cm³/mol. The number of nitrogens with zero attached hydrogens (tertiary/aromatic N) is 2. The maximum atomic E-state index is 13.3. The number of carboxylic acids is 1. The zero-order valence-corrected chi connectivity index (χ0v) is 11.2. The molecule has 0 spiro atoms. The summed E-state index contributed by atoms with van der Waals surface area (Å²) >= 11 is 5.59.